The maximum atomic E-state index is 12.7. The maximum absolute atomic E-state index is 12.7. The lowest BCUT2D eigenvalue weighted by atomic mass is 10.1. The smallest absolute Gasteiger partial charge is 0.416 e. The molecule has 0 aliphatic carbocycles. The van der Waals surface area contributed by atoms with Crippen LogP contribution >= 0.6 is 0 Å². The molecule has 3 aromatic rings. The summed E-state index contributed by atoms with van der Waals surface area (Å²) in [6.45, 7) is 6.15. The molecule has 2 aromatic heterocycles. The van der Waals surface area contributed by atoms with Crippen molar-refractivity contribution in [1.82, 2.24) is 9.97 Å². The predicted octanol–water partition coefficient (Wildman–Crippen LogP) is 5.22. The standard InChI is InChI=1S/C24H22F3N3O3/c1-15(2)13-32-23(31)21-11-9-19(33-21)12-28-22-20(16(3)29-14-30-22)10-6-17-4-7-18(8-5-17)24(25,26)27/h4-5,7-9,11,14-15H,12-13H2,1-3H3,(H,28,29,30). The second-order valence-corrected chi connectivity index (χ2v) is 7.62. The zero-order valence-corrected chi connectivity index (χ0v) is 18.3. The van der Waals surface area contributed by atoms with E-state index in [0.717, 1.165) is 12.1 Å². The maximum Gasteiger partial charge on any atom is 0.416 e. The van der Waals surface area contributed by atoms with E-state index < -0.39 is 17.7 Å². The Morgan fingerprint density at radius 1 is 1.12 bits per heavy atom. The van der Waals surface area contributed by atoms with Crippen molar-refractivity contribution in [2.45, 2.75) is 33.5 Å². The first-order chi connectivity index (χ1) is 15.6. The molecule has 0 unspecified atom stereocenters. The fourth-order valence-electron chi connectivity index (χ4n) is 2.70. The van der Waals surface area contributed by atoms with Gasteiger partial charge in [0.2, 0.25) is 5.76 Å². The number of carbonyl (C=O) groups excluding carboxylic acids is 1. The first-order valence-corrected chi connectivity index (χ1v) is 10.1. The lowest BCUT2D eigenvalue weighted by Gasteiger charge is -2.08. The molecule has 0 saturated carbocycles. The van der Waals surface area contributed by atoms with Crippen LogP contribution in [0.2, 0.25) is 0 Å². The van der Waals surface area contributed by atoms with E-state index in [1.807, 2.05) is 13.8 Å². The molecule has 0 bridgehead atoms. The van der Waals surface area contributed by atoms with Gasteiger partial charge in [0, 0.05) is 5.56 Å². The van der Waals surface area contributed by atoms with Crippen molar-refractivity contribution in [2.24, 2.45) is 5.92 Å². The van der Waals surface area contributed by atoms with Gasteiger partial charge in [0.1, 0.15) is 17.9 Å². The molecule has 2 heterocycles. The predicted molar refractivity (Wildman–Crippen MR) is 115 cm³/mol. The normalized spacial score (nSPS) is 11.1. The number of carbonyl (C=O) groups is 1. The van der Waals surface area contributed by atoms with Crippen LogP contribution in [0.3, 0.4) is 0 Å². The van der Waals surface area contributed by atoms with Gasteiger partial charge in [-0.1, -0.05) is 25.7 Å². The summed E-state index contributed by atoms with van der Waals surface area (Å²) in [5.74, 6) is 6.47. The number of alkyl halides is 3. The molecule has 3 rings (SSSR count). The third-order valence-corrected chi connectivity index (χ3v) is 4.42. The van der Waals surface area contributed by atoms with Crippen molar-refractivity contribution in [3.63, 3.8) is 0 Å². The van der Waals surface area contributed by atoms with Crippen LogP contribution in [0.5, 0.6) is 0 Å². The van der Waals surface area contributed by atoms with E-state index in [1.54, 1.807) is 13.0 Å². The number of nitrogens with zero attached hydrogens (tertiary/aromatic N) is 2. The lowest BCUT2D eigenvalue weighted by molar-refractivity contribution is -0.137. The van der Waals surface area contributed by atoms with Gasteiger partial charge in [-0.3, -0.25) is 0 Å². The lowest BCUT2D eigenvalue weighted by Crippen LogP contribution is -2.09. The number of halogens is 3. The van der Waals surface area contributed by atoms with E-state index in [-0.39, 0.29) is 18.2 Å². The highest BCUT2D eigenvalue weighted by Crippen LogP contribution is 2.29. The highest BCUT2D eigenvalue weighted by molar-refractivity contribution is 5.86. The summed E-state index contributed by atoms with van der Waals surface area (Å²) in [5.41, 5.74) is 0.790. The first-order valence-electron chi connectivity index (χ1n) is 10.1. The minimum absolute atomic E-state index is 0.105. The minimum atomic E-state index is -4.40. The van der Waals surface area contributed by atoms with E-state index in [0.29, 0.717) is 35.0 Å². The van der Waals surface area contributed by atoms with Crippen LogP contribution in [0.4, 0.5) is 19.0 Å². The van der Waals surface area contributed by atoms with Crippen LogP contribution in [0.15, 0.2) is 47.1 Å². The summed E-state index contributed by atoms with van der Waals surface area (Å²) in [7, 11) is 0. The largest absolute Gasteiger partial charge is 0.460 e. The van der Waals surface area contributed by atoms with Crippen LogP contribution in [0.25, 0.3) is 0 Å². The van der Waals surface area contributed by atoms with E-state index in [9.17, 15) is 18.0 Å². The Hall–Kier alpha value is -3.80. The number of nitrogens with one attached hydrogen (secondary N) is 1. The number of rotatable bonds is 6. The number of aryl methyl sites for hydroxylation is 1. The summed E-state index contributed by atoms with van der Waals surface area (Å²) < 4.78 is 48.8. The molecule has 0 aliphatic heterocycles. The van der Waals surface area contributed by atoms with Crippen LogP contribution in [-0.4, -0.2) is 22.5 Å². The van der Waals surface area contributed by atoms with Crippen LogP contribution in [-0.2, 0) is 17.5 Å². The van der Waals surface area contributed by atoms with E-state index in [1.165, 1.54) is 24.5 Å². The molecule has 172 valence electrons. The van der Waals surface area contributed by atoms with Gasteiger partial charge in [-0.25, -0.2) is 14.8 Å². The van der Waals surface area contributed by atoms with Gasteiger partial charge in [-0.2, -0.15) is 13.2 Å². The van der Waals surface area contributed by atoms with Crippen LogP contribution in [0.1, 0.15) is 52.5 Å². The summed E-state index contributed by atoms with van der Waals surface area (Å²) >= 11 is 0. The Bertz CT molecular complexity index is 1170. The summed E-state index contributed by atoms with van der Waals surface area (Å²) in [5, 5.41) is 3.09. The van der Waals surface area contributed by atoms with Crippen molar-refractivity contribution < 1.29 is 27.1 Å². The van der Waals surface area contributed by atoms with Gasteiger partial charge < -0.3 is 14.5 Å². The number of anilines is 1. The number of furan rings is 1. The fraction of sp³-hybridized carbons (Fsp3) is 0.292. The van der Waals surface area contributed by atoms with Crippen LogP contribution in [0, 0.1) is 24.7 Å². The van der Waals surface area contributed by atoms with Gasteiger partial charge in [-0.05, 0) is 49.2 Å². The van der Waals surface area contributed by atoms with Gasteiger partial charge >= 0.3 is 12.1 Å². The van der Waals surface area contributed by atoms with Crippen molar-refractivity contribution in [3.8, 4) is 11.8 Å². The zero-order valence-electron chi connectivity index (χ0n) is 18.3. The molecule has 6 nitrogen and oxygen atoms in total. The average Bonchev–Trinajstić information content (AvgIpc) is 3.24. The molecule has 0 atom stereocenters. The quantitative estimate of drug-likeness (QED) is 0.404. The number of hydrogen-bond acceptors (Lipinski definition) is 6. The molecule has 0 spiro atoms. The topological polar surface area (TPSA) is 77.2 Å². The Morgan fingerprint density at radius 2 is 1.85 bits per heavy atom. The summed E-state index contributed by atoms with van der Waals surface area (Å²) in [4.78, 5) is 20.3. The second kappa shape index (κ2) is 10.2. The number of benzene rings is 1. The third kappa shape index (κ3) is 6.59. The monoisotopic (exact) mass is 457 g/mol. The molecule has 0 saturated heterocycles. The number of esters is 1. The molecule has 1 N–H and O–H groups in total. The van der Waals surface area contributed by atoms with Crippen molar-refractivity contribution >= 4 is 11.8 Å². The molecule has 33 heavy (non-hydrogen) atoms. The fourth-order valence-corrected chi connectivity index (χ4v) is 2.70. The highest BCUT2D eigenvalue weighted by Gasteiger charge is 2.29. The second-order valence-electron chi connectivity index (χ2n) is 7.62. The van der Waals surface area contributed by atoms with Crippen molar-refractivity contribution in [3.05, 3.63) is 76.6 Å². The Morgan fingerprint density at radius 3 is 2.52 bits per heavy atom. The van der Waals surface area contributed by atoms with Gasteiger partial charge in [0.15, 0.2) is 0 Å². The number of ether oxygens (including phenoxy) is 1. The Kier molecular flexibility index (Phi) is 7.38. The molecular weight excluding hydrogens is 435 g/mol. The highest BCUT2D eigenvalue weighted by atomic mass is 19.4. The summed E-state index contributed by atoms with van der Waals surface area (Å²) in [6, 6.07) is 7.78. The third-order valence-electron chi connectivity index (χ3n) is 4.42. The summed E-state index contributed by atoms with van der Waals surface area (Å²) in [6.07, 6.45) is -3.03. The van der Waals surface area contributed by atoms with Gasteiger partial charge in [-0.15, -0.1) is 0 Å². The van der Waals surface area contributed by atoms with Crippen molar-refractivity contribution in [1.29, 1.82) is 0 Å². The minimum Gasteiger partial charge on any atom is -0.460 e. The molecule has 0 fully saturated rings. The molecule has 0 amide bonds. The van der Waals surface area contributed by atoms with E-state index >= 15 is 0 Å². The van der Waals surface area contributed by atoms with Gasteiger partial charge in [0.25, 0.3) is 0 Å². The van der Waals surface area contributed by atoms with Gasteiger partial charge in [0.05, 0.1) is 30.0 Å². The Balaban J connectivity index is 1.71. The van der Waals surface area contributed by atoms with E-state index in [2.05, 4.69) is 27.1 Å². The average molecular weight is 457 g/mol. The SMILES string of the molecule is Cc1ncnc(NCc2ccc(C(=O)OCC(C)C)o2)c1C#Cc1ccc(C(F)(F)F)cc1. The number of aromatic nitrogens is 2. The molecule has 0 radical (unpaired) electrons. The van der Waals surface area contributed by atoms with Crippen LogP contribution < -0.4 is 5.32 Å². The molecule has 9 heteroatoms. The molecule has 1 aromatic carbocycles. The molecular formula is C24H22F3N3O3. The first kappa shape index (κ1) is 23.9. The zero-order chi connectivity index (χ0) is 24.0. The Labute approximate surface area is 189 Å². The van der Waals surface area contributed by atoms with Crippen molar-refractivity contribution in [2.75, 3.05) is 11.9 Å². The van der Waals surface area contributed by atoms with E-state index in [4.69, 9.17) is 9.15 Å². The number of hydrogen-bond donors (Lipinski definition) is 1. The molecule has 0 aliphatic rings.